The van der Waals surface area contributed by atoms with Gasteiger partial charge in [0.2, 0.25) is 0 Å². The van der Waals surface area contributed by atoms with Gasteiger partial charge in [0.15, 0.2) is 0 Å². The highest BCUT2D eigenvalue weighted by molar-refractivity contribution is 6.32. The molecular weight excluding hydrogens is 282 g/mol. The van der Waals surface area contributed by atoms with Crippen molar-refractivity contribution in [2.24, 2.45) is 0 Å². The van der Waals surface area contributed by atoms with Gasteiger partial charge in [-0.25, -0.2) is 0 Å². The molecule has 2 aromatic rings. The Bertz CT molecular complexity index is 591. The van der Waals surface area contributed by atoms with Crippen LogP contribution in [0.15, 0.2) is 48.5 Å². The van der Waals surface area contributed by atoms with Gasteiger partial charge in [0.05, 0.1) is 5.02 Å². The Morgan fingerprint density at radius 2 is 1.71 bits per heavy atom. The molecule has 1 fully saturated rings. The highest BCUT2D eigenvalue weighted by atomic mass is 35.5. The van der Waals surface area contributed by atoms with E-state index in [0.29, 0.717) is 10.9 Å². The number of nitrogens with zero attached hydrogens (tertiary/aromatic N) is 1. The van der Waals surface area contributed by atoms with Crippen LogP contribution < -0.4 is 0 Å². The highest BCUT2D eigenvalue weighted by Crippen LogP contribution is 2.31. The summed E-state index contributed by atoms with van der Waals surface area (Å²) in [5, 5.41) is 10.2. The third kappa shape index (κ3) is 3.39. The Balaban J connectivity index is 1.60. The van der Waals surface area contributed by atoms with Crippen LogP contribution in [0.3, 0.4) is 0 Å². The Labute approximate surface area is 131 Å². The third-order valence-electron chi connectivity index (χ3n) is 4.31. The fourth-order valence-electron chi connectivity index (χ4n) is 3.08. The van der Waals surface area contributed by atoms with Gasteiger partial charge in [0, 0.05) is 6.54 Å². The summed E-state index contributed by atoms with van der Waals surface area (Å²) in [4.78, 5) is 2.42. The number of aromatic hydroxyl groups is 1. The van der Waals surface area contributed by atoms with Gasteiger partial charge in [0.1, 0.15) is 5.75 Å². The van der Waals surface area contributed by atoms with Crippen molar-refractivity contribution in [2.45, 2.75) is 25.3 Å². The van der Waals surface area contributed by atoms with E-state index >= 15 is 0 Å². The molecule has 0 spiro atoms. The Kier molecular flexibility index (Phi) is 4.47. The molecule has 0 amide bonds. The number of likely N-dealkylation sites (tertiary alicyclic amines) is 1. The second-order valence-electron chi connectivity index (χ2n) is 5.71. The SMILES string of the molecule is Oc1cccc(CN2CCC(c3ccccc3)CC2)c1Cl. The van der Waals surface area contributed by atoms with E-state index in [9.17, 15) is 5.11 Å². The molecule has 0 aliphatic carbocycles. The Morgan fingerprint density at radius 3 is 2.43 bits per heavy atom. The van der Waals surface area contributed by atoms with E-state index < -0.39 is 0 Å². The minimum Gasteiger partial charge on any atom is -0.506 e. The van der Waals surface area contributed by atoms with Gasteiger partial charge >= 0.3 is 0 Å². The first-order valence-corrected chi connectivity index (χ1v) is 7.85. The van der Waals surface area contributed by atoms with Crippen LogP contribution in [0.4, 0.5) is 0 Å². The van der Waals surface area contributed by atoms with E-state index in [1.165, 1.54) is 18.4 Å². The maximum atomic E-state index is 9.67. The number of hydrogen-bond acceptors (Lipinski definition) is 2. The summed E-state index contributed by atoms with van der Waals surface area (Å²) < 4.78 is 0. The van der Waals surface area contributed by atoms with Crippen LogP contribution in [0.2, 0.25) is 5.02 Å². The number of halogens is 1. The summed E-state index contributed by atoms with van der Waals surface area (Å²) in [6, 6.07) is 16.2. The Morgan fingerprint density at radius 1 is 1.00 bits per heavy atom. The smallest absolute Gasteiger partial charge is 0.134 e. The van der Waals surface area contributed by atoms with E-state index in [2.05, 4.69) is 35.2 Å². The van der Waals surface area contributed by atoms with E-state index in [0.717, 1.165) is 25.2 Å². The topological polar surface area (TPSA) is 23.5 Å². The highest BCUT2D eigenvalue weighted by Gasteiger charge is 2.21. The number of phenols is 1. The van der Waals surface area contributed by atoms with Gasteiger partial charge in [-0.15, -0.1) is 0 Å². The molecule has 21 heavy (non-hydrogen) atoms. The molecule has 2 aromatic carbocycles. The maximum Gasteiger partial charge on any atom is 0.134 e. The van der Waals surface area contributed by atoms with Crippen LogP contribution in [0.5, 0.6) is 5.75 Å². The molecule has 1 aliphatic heterocycles. The summed E-state index contributed by atoms with van der Waals surface area (Å²) in [6.45, 7) is 2.96. The van der Waals surface area contributed by atoms with Crippen LogP contribution in [-0.2, 0) is 6.54 Å². The molecular formula is C18H20ClNO. The molecule has 0 aromatic heterocycles. The van der Waals surface area contributed by atoms with Crippen molar-refractivity contribution < 1.29 is 5.11 Å². The molecule has 1 aliphatic rings. The molecule has 110 valence electrons. The average Bonchev–Trinajstić information content (AvgIpc) is 2.53. The molecule has 0 atom stereocenters. The molecule has 0 saturated carbocycles. The lowest BCUT2D eigenvalue weighted by atomic mass is 9.89. The van der Waals surface area contributed by atoms with Crippen LogP contribution in [0.25, 0.3) is 0 Å². The Hall–Kier alpha value is -1.51. The maximum absolute atomic E-state index is 9.67. The van der Waals surface area contributed by atoms with Crippen LogP contribution in [0.1, 0.15) is 29.9 Å². The molecule has 1 heterocycles. The lowest BCUT2D eigenvalue weighted by molar-refractivity contribution is 0.204. The van der Waals surface area contributed by atoms with Gasteiger partial charge in [0.25, 0.3) is 0 Å². The van der Waals surface area contributed by atoms with Crippen LogP contribution in [0, 0.1) is 0 Å². The molecule has 3 rings (SSSR count). The zero-order chi connectivity index (χ0) is 14.7. The minimum atomic E-state index is 0.174. The number of hydrogen-bond donors (Lipinski definition) is 1. The van der Waals surface area contributed by atoms with Crippen molar-refractivity contribution in [1.29, 1.82) is 0 Å². The fourth-order valence-corrected chi connectivity index (χ4v) is 3.26. The summed E-state index contributed by atoms with van der Waals surface area (Å²) in [6.07, 6.45) is 2.36. The van der Waals surface area contributed by atoms with Crippen molar-refractivity contribution in [2.75, 3.05) is 13.1 Å². The number of benzene rings is 2. The van der Waals surface area contributed by atoms with E-state index in [-0.39, 0.29) is 5.75 Å². The lowest BCUT2D eigenvalue weighted by Crippen LogP contribution is -2.32. The van der Waals surface area contributed by atoms with Crippen molar-refractivity contribution in [3.8, 4) is 5.75 Å². The zero-order valence-corrected chi connectivity index (χ0v) is 12.8. The summed E-state index contributed by atoms with van der Waals surface area (Å²) in [5.74, 6) is 0.843. The lowest BCUT2D eigenvalue weighted by Gasteiger charge is -2.32. The number of rotatable bonds is 3. The van der Waals surface area contributed by atoms with Gasteiger partial charge in [-0.05, 0) is 49.0 Å². The molecule has 0 radical (unpaired) electrons. The first kappa shape index (κ1) is 14.4. The second kappa shape index (κ2) is 6.50. The molecule has 2 nitrogen and oxygen atoms in total. The van der Waals surface area contributed by atoms with Crippen LogP contribution >= 0.6 is 11.6 Å². The van der Waals surface area contributed by atoms with Crippen molar-refractivity contribution >= 4 is 11.6 Å². The van der Waals surface area contributed by atoms with Crippen molar-refractivity contribution in [3.05, 3.63) is 64.7 Å². The largest absolute Gasteiger partial charge is 0.506 e. The summed E-state index contributed by atoms with van der Waals surface area (Å²) in [5.41, 5.74) is 2.46. The van der Waals surface area contributed by atoms with Crippen molar-refractivity contribution in [1.82, 2.24) is 4.90 Å². The quantitative estimate of drug-likeness (QED) is 0.907. The van der Waals surface area contributed by atoms with E-state index in [4.69, 9.17) is 11.6 Å². The van der Waals surface area contributed by atoms with Crippen molar-refractivity contribution in [3.63, 3.8) is 0 Å². The van der Waals surface area contributed by atoms with E-state index in [1.54, 1.807) is 6.07 Å². The average molecular weight is 302 g/mol. The van der Waals surface area contributed by atoms with Gasteiger partial charge in [-0.3, -0.25) is 4.90 Å². The molecule has 0 bridgehead atoms. The van der Waals surface area contributed by atoms with E-state index in [1.807, 2.05) is 12.1 Å². The van der Waals surface area contributed by atoms with Gasteiger partial charge in [-0.2, -0.15) is 0 Å². The number of piperidine rings is 1. The van der Waals surface area contributed by atoms with Gasteiger partial charge in [-0.1, -0.05) is 54.1 Å². The first-order valence-electron chi connectivity index (χ1n) is 7.47. The predicted octanol–water partition coefficient (Wildman–Crippen LogP) is 4.43. The predicted molar refractivity (Wildman–Crippen MR) is 86.8 cm³/mol. The second-order valence-corrected chi connectivity index (χ2v) is 6.09. The number of phenolic OH excluding ortho intramolecular Hbond substituents is 1. The van der Waals surface area contributed by atoms with Gasteiger partial charge < -0.3 is 5.11 Å². The summed E-state index contributed by atoms with van der Waals surface area (Å²) >= 11 is 6.16. The minimum absolute atomic E-state index is 0.174. The first-order chi connectivity index (χ1) is 10.2. The monoisotopic (exact) mass is 301 g/mol. The standard InChI is InChI=1S/C18H20ClNO/c19-18-16(7-4-8-17(18)21)13-20-11-9-15(10-12-20)14-5-2-1-3-6-14/h1-8,15,21H,9-13H2. The fraction of sp³-hybridized carbons (Fsp3) is 0.333. The van der Waals surface area contributed by atoms with Crippen LogP contribution in [-0.4, -0.2) is 23.1 Å². The normalized spacial score (nSPS) is 17.0. The third-order valence-corrected chi connectivity index (χ3v) is 4.75. The summed E-state index contributed by atoms with van der Waals surface area (Å²) in [7, 11) is 0. The zero-order valence-electron chi connectivity index (χ0n) is 12.0. The molecule has 1 saturated heterocycles. The molecule has 1 N–H and O–H groups in total. The molecule has 3 heteroatoms. The molecule has 0 unspecified atom stereocenters.